The first-order valence-electron chi connectivity index (χ1n) is 13.3. The summed E-state index contributed by atoms with van der Waals surface area (Å²) < 4.78 is 29.0. The highest BCUT2D eigenvalue weighted by Gasteiger charge is 2.35. The van der Waals surface area contributed by atoms with Crippen LogP contribution in [0.2, 0.25) is 15.1 Å². The Balaban J connectivity index is 1.81. The first kappa shape index (κ1) is 32.4. The van der Waals surface area contributed by atoms with E-state index in [2.05, 4.69) is 5.32 Å². The van der Waals surface area contributed by atoms with Crippen molar-refractivity contribution >= 4 is 62.3 Å². The molecule has 224 valence electrons. The second-order valence-corrected chi connectivity index (χ2v) is 13.0. The lowest BCUT2D eigenvalue weighted by Crippen LogP contribution is -2.53. The van der Waals surface area contributed by atoms with Crippen LogP contribution in [0, 0.1) is 6.92 Å². The largest absolute Gasteiger partial charge is 0.357 e. The maximum atomic E-state index is 14.3. The molecule has 4 aromatic carbocycles. The van der Waals surface area contributed by atoms with E-state index in [0.29, 0.717) is 20.6 Å². The third-order valence-electron chi connectivity index (χ3n) is 6.91. The maximum Gasteiger partial charge on any atom is 0.264 e. The minimum Gasteiger partial charge on any atom is -0.357 e. The van der Waals surface area contributed by atoms with Gasteiger partial charge in [-0.3, -0.25) is 13.9 Å². The number of nitrogens with one attached hydrogen (secondary N) is 1. The summed E-state index contributed by atoms with van der Waals surface area (Å²) in [5.41, 5.74) is 2.35. The zero-order valence-electron chi connectivity index (χ0n) is 23.5. The molecule has 0 aromatic heterocycles. The fourth-order valence-electron chi connectivity index (χ4n) is 4.55. The van der Waals surface area contributed by atoms with Crippen LogP contribution in [0.3, 0.4) is 0 Å². The number of hydrogen-bond acceptors (Lipinski definition) is 4. The molecule has 0 unspecified atom stereocenters. The number of carbonyl (C=O) groups is 2. The summed E-state index contributed by atoms with van der Waals surface area (Å²) in [6.45, 7) is 1.10. The molecule has 1 atom stereocenters. The van der Waals surface area contributed by atoms with Crippen LogP contribution in [0.15, 0.2) is 102 Å². The molecule has 0 fully saturated rings. The molecule has 43 heavy (non-hydrogen) atoms. The highest BCUT2D eigenvalue weighted by Crippen LogP contribution is 2.29. The minimum atomic E-state index is -4.22. The Bertz CT molecular complexity index is 1660. The third kappa shape index (κ3) is 7.89. The van der Waals surface area contributed by atoms with E-state index in [1.807, 2.05) is 37.3 Å². The van der Waals surface area contributed by atoms with E-state index < -0.39 is 34.4 Å². The van der Waals surface area contributed by atoms with E-state index >= 15 is 0 Å². The summed E-state index contributed by atoms with van der Waals surface area (Å²) in [6, 6.07) is 25.6. The van der Waals surface area contributed by atoms with Crippen molar-refractivity contribution in [3.8, 4) is 0 Å². The molecular weight excluding hydrogens is 629 g/mol. The van der Waals surface area contributed by atoms with Gasteiger partial charge >= 0.3 is 0 Å². The number of benzene rings is 4. The van der Waals surface area contributed by atoms with E-state index in [-0.39, 0.29) is 23.5 Å². The molecule has 0 aliphatic heterocycles. The van der Waals surface area contributed by atoms with Crippen LogP contribution in [0.1, 0.15) is 16.7 Å². The van der Waals surface area contributed by atoms with E-state index in [0.717, 1.165) is 15.4 Å². The molecule has 4 rings (SSSR count). The van der Waals surface area contributed by atoms with Crippen LogP contribution < -0.4 is 9.62 Å². The topological polar surface area (TPSA) is 86.8 Å². The van der Waals surface area contributed by atoms with Crippen LogP contribution in [-0.2, 0) is 32.6 Å². The van der Waals surface area contributed by atoms with Crippen LogP contribution in [0.25, 0.3) is 0 Å². The van der Waals surface area contributed by atoms with Crippen molar-refractivity contribution in [2.45, 2.75) is 30.8 Å². The molecule has 0 radical (unpaired) electrons. The van der Waals surface area contributed by atoms with Gasteiger partial charge in [0, 0.05) is 40.6 Å². The highest BCUT2D eigenvalue weighted by molar-refractivity contribution is 7.92. The molecule has 0 saturated heterocycles. The van der Waals surface area contributed by atoms with Crippen LogP contribution in [0.5, 0.6) is 0 Å². The molecule has 11 heteroatoms. The monoisotopic (exact) mass is 657 g/mol. The normalized spacial score (nSPS) is 11.9. The summed E-state index contributed by atoms with van der Waals surface area (Å²) in [4.78, 5) is 29.0. The second-order valence-electron chi connectivity index (χ2n) is 9.84. The second kappa shape index (κ2) is 14.3. The fraction of sp³-hybridized carbons (Fsp3) is 0.188. The zero-order chi connectivity index (χ0) is 31.1. The summed E-state index contributed by atoms with van der Waals surface area (Å²) in [5, 5.41) is 3.66. The molecule has 4 aromatic rings. The molecule has 0 bridgehead atoms. The Morgan fingerprint density at radius 2 is 1.42 bits per heavy atom. The molecule has 0 aliphatic rings. The standard InChI is InChI=1S/C32H30Cl3N3O4S/c1-22-11-17-26(18-12-22)43(41,42)38(25-15-13-24(33)14-16-25)21-31(39)37(20-27-28(34)9-6-10-29(27)35)30(32(40)36-2)19-23-7-4-3-5-8-23/h3-18,30H,19-21H2,1-2H3,(H,36,40)/t30-/m1/s1. The van der Waals surface area contributed by atoms with Crippen molar-refractivity contribution in [2.24, 2.45) is 0 Å². The third-order valence-corrected chi connectivity index (χ3v) is 9.66. The lowest BCUT2D eigenvalue weighted by Gasteiger charge is -2.34. The number of sulfonamides is 1. The van der Waals surface area contributed by atoms with Gasteiger partial charge in [-0.05, 0) is 61.0 Å². The SMILES string of the molecule is CNC(=O)[C@@H](Cc1ccccc1)N(Cc1c(Cl)cccc1Cl)C(=O)CN(c1ccc(Cl)cc1)S(=O)(=O)c1ccc(C)cc1. The summed E-state index contributed by atoms with van der Waals surface area (Å²) in [5.74, 6) is -1.06. The van der Waals surface area contributed by atoms with E-state index in [1.165, 1.54) is 36.2 Å². The Labute approximate surface area is 267 Å². The molecule has 7 nitrogen and oxygen atoms in total. The summed E-state index contributed by atoms with van der Waals surface area (Å²) >= 11 is 19.1. The molecule has 0 heterocycles. The Hall–Kier alpha value is -3.56. The quantitative estimate of drug-likeness (QED) is 0.198. The fourth-order valence-corrected chi connectivity index (χ4v) is 6.60. The van der Waals surface area contributed by atoms with E-state index in [1.54, 1.807) is 42.5 Å². The summed E-state index contributed by atoms with van der Waals surface area (Å²) in [6.07, 6.45) is 0.167. The number of anilines is 1. The number of nitrogens with zero attached hydrogens (tertiary/aromatic N) is 2. The molecule has 0 spiro atoms. The number of likely N-dealkylation sites (N-methyl/N-ethyl adjacent to an activating group) is 1. The van der Waals surface area contributed by atoms with Gasteiger partial charge in [0.05, 0.1) is 10.6 Å². The van der Waals surface area contributed by atoms with E-state index in [9.17, 15) is 18.0 Å². The van der Waals surface area contributed by atoms with Crippen LogP contribution in [-0.4, -0.2) is 44.8 Å². The first-order valence-corrected chi connectivity index (χ1v) is 15.9. The van der Waals surface area contributed by atoms with Crippen LogP contribution in [0.4, 0.5) is 5.69 Å². The lowest BCUT2D eigenvalue weighted by molar-refractivity contribution is -0.139. The summed E-state index contributed by atoms with van der Waals surface area (Å²) in [7, 11) is -2.74. The number of halogens is 3. The Kier molecular flexibility index (Phi) is 10.7. The van der Waals surface area contributed by atoms with Crippen molar-refractivity contribution in [2.75, 3.05) is 17.9 Å². The van der Waals surface area contributed by atoms with Crippen molar-refractivity contribution < 1.29 is 18.0 Å². The number of hydrogen-bond donors (Lipinski definition) is 1. The highest BCUT2D eigenvalue weighted by atomic mass is 35.5. The van der Waals surface area contributed by atoms with Crippen molar-refractivity contribution in [1.82, 2.24) is 10.2 Å². The molecule has 2 amide bonds. The predicted molar refractivity (Wildman–Crippen MR) is 172 cm³/mol. The van der Waals surface area contributed by atoms with Gasteiger partial charge in [-0.2, -0.15) is 0 Å². The van der Waals surface area contributed by atoms with Crippen molar-refractivity contribution in [3.05, 3.63) is 129 Å². The smallest absolute Gasteiger partial charge is 0.264 e. The molecule has 0 saturated carbocycles. The van der Waals surface area contributed by atoms with Crippen molar-refractivity contribution in [3.63, 3.8) is 0 Å². The maximum absolute atomic E-state index is 14.3. The van der Waals surface area contributed by atoms with Gasteiger partial charge in [-0.1, -0.05) is 88.9 Å². The Morgan fingerprint density at radius 1 is 0.814 bits per heavy atom. The number of rotatable bonds is 11. The molecular formula is C32H30Cl3N3O4S. The molecule has 0 aliphatic carbocycles. The Morgan fingerprint density at radius 3 is 2.00 bits per heavy atom. The number of amides is 2. The minimum absolute atomic E-state index is 0.00804. The van der Waals surface area contributed by atoms with Crippen molar-refractivity contribution in [1.29, 1.82) is 0 Å². The average molecular weight is 659 g/mol. The van der Waals surface area contributed by atoms with Gasteiger partial charge in [0.25, 0.3) is 10.0 Å². The molecule has 1 N–H and O–H groups in total. The lowest BCUT2D eigenvalue weighted by atomic mass is 10.0. The van der Waals surface area contributed by atoms with Gasteiger partial charge < -0.3 is 10.2 Å². The number of aryl methyl sites for hydroxylation is 1. The first-order chi connectivity index (χ1) is 20.5. The zero-order valence-corrected chi connectivity index (χ0v) is 26.6. The van der Waals surface area contributed by atoms with Gasteiger partial charge in [-0.25, -0.2) is 8.42 Å². The number of carbonyl (C=O) groups excluding carboxylic acids is 2. The van der Waals surface area contributed by atoms with Gasteiger partial charge in [0.15, 0.2) is 0 Å². The van der Waals surface area contributed by atoms with Gasteiger partial charge in [0.2, 0.25) is 11.8 Å². The van der Waals surface area contributed by atoms with Gasteiger partial charge in [0.1, 0.15) is 12.6 Å². The van der Waals surface area contributed by atoms with Crippen LogP contribution >= 0.6 is 34.8 Å². The van der Waals surface area contributed by atoms with Gasteiger partial charge in [-0.15, -0.1) is 0 Å². The van der Waals surface area contributed by atoms with E-state index in [4.69, 9.17) is 34.8 Å². The average Bonchev–Trinajstić information content (AvgIpc) is 2.99. The predicted octanol–water partition coefficient (Wildman–Crippen LogP) is 6.54.